The molecule has 2 saturated carbocycles. The molecule has 212 valence electrons. The van der Waals surface area contributed by atoms with Crippen LogP contribution in [0.25, 0.3) is 22.3 Å². The molecule has 4 fully saturated rings. The normalized spacial score (nSPS) is 30.4. The number of halogens is 2. The molecule has 2 unspecified atom stereocenters. The Bertz CT molecular complexity index is 1430. The van der Waals surface area contributed by atoms with Gasteiger partial charge in [-0.3, -0.25) is 10.3 Å². The summed E-state index contributed by atoms with van der Waals surface area (Å²) >= 11 is 6.38. The zero-order valence-electron chi connectivity index (χ0n) is 22.4. The van der Waals surface area contributed by atoms with Gasteiger partial charge in [0.15, 0.2) is 6.17 Å². The van der Waals surface area contributed by atoms with E-state index in [1.807, 2.05) is 12.1 Å². The van der Waals surface area contributed by atoms with Gasteiger partial charge in [-0.1, -0.05) is 31.4 Å². The van der Waals surface area contributed by atoms with Crippen molar-refractivity contribution in [3.05, 3.63) is 35.2 Å². The summed E-state index contributed by atoms with van der Waals surface area (Å²) in [5.74, 6) is 2.05. The smallest absolute Gasteiger partial charge is 0.374 e. The minimum absolute atomic E-state index is 0.0707. The Hall–Kier alpha value is -3.02. The highest BCUT2D eigenvalue weighted by atomic mass is 35.5. The lowest BCUT2D eigenvalue weighted by atomic mass is 9.83. The molecule has 4 atom stereocenters. The van der Waals surface area contributed by atoms with Gasteiger partial charge >= 0.3 is 6.09 Å². The zero-order valence-corrected chi connectivity index (χ0v) is 23.1. The topological polar surface area (TPSA) is 106 Å². The highest BCUT2D eigenvalue weighted by Crippen LogP contribution is 2.40. The fourth-order valence-electron chi connectivity index (χ4n) is 6.78. The lowest BCUT2D eigenvalue weighted by Gasteiger charge is -2.38. The van der Waals surface area contributed by atoms with E-state index in [0.29, 0.717) is 48.3 Å². The molecule has 7 rings (SSSR count). The number of alkyl halides is 1. The van der Waals surface area contributed by atoms with Crippen LogP contribution in [0.4, 0.5) is 15.1 Å². The van der Waals surface area contributed by atoms with Crippen molar-refractivity contribution in [2.45, 2.75) is 76.5 Å². The second kappa shape index (κ2) is 10.4. The number of aromatic nitrogens is 4. The summed E-state index contributed by atoms with van der Waals surface area (Å²) in [5, 5.41) is 3.23. The minimum atomic E-state index is -0.883. The Morgan fingerprint density at radius 2 is 2.00 bits per heavy atom. The first-order valence-electron chi connectivity index (χ1n) is 14.2. The van der Waals surface area contributed by atoms with Gasteiger partial charge in [0.2, 0.25) is 5.95 Å². The van der Waals surface area contributed by atoms with Crippen molar-refractivity contribution < 1.29 is 18.8 Å². The number of nitrogens with one attached hydrogen (secondary N) is 2. The highest BCUT2D eigenvalue weighted by molar-refractivity contribution is 6.30. The van der Waals surface area contributed by atoms with Crippen molar-refractivity contribution in [3.63, 3.8) is 0 Å². The Morgan fingerprint density at radius 3 is 2.77 bits per heavy atom. The minimum Gasteiger partial charge on any atom is -0.374 e. The molecule has 2 N–H and O–H groups in total. The van der Waals surface area contributed by atoms with Crippen LogP contribution in [0.5, 0.6) is 0 Å². The number of hydrogen-bond acceptors (Lipinski definition) is 8. The molecule has 0 bridgehead atoms. The number of fused-ring (bicyclic) bond motifs is 2. The van der Waals surface area contributed by atoms with Gasteiger partial charge in [-0.05, 0) is 36.8 Å². The second-order valence-corrected chi connectivity index (χ2v) is 12.1. The fraction of sp³-hybridized carbons (Fsp3) is 0.571. The number of nitrogens with zero attached hydrogens (tertiary/aromatic N) is 5. The Labute approximate surface area is 236 Å². The summed E-state index contributed by atoms with van der Waals surface area (Å²) in [6, 6.07) is 3.65. The average Bonchev–Trinajstić information content (AvgIpc) is 3.65. The van der Waals surface area contributed by atoms with E-state index in [9.17, 15) is 9.18 Å². The number of pyridine rings is 2. The molecule has 1 amide bonds. The first kappa shape index (κ1) is 25.9. The molecular formula is C28H33ClFN7O3. The van der Waals surface area contributed by atoms with Crippen LogP contribution in [0, 0.1) is 11.8 Å². The summed E-state index contributed by atoms with van der Waals surface area (Å²) in [5.41, 5.74) is 6.29. The van der Waals surface area contributed by atoms with Gasteiger partial charge in [0.1, 0.15) is 6.17 Å². The molecule has 2 aliphatic carbocycles. The molecule has 2 aliphatic heterocycles. The molecule has 0 radical (unpaired) electrons. The van der Waals surface area contributed by atoms with Crippen LogP contribution in [0.15, 0.2) is 24.5 Å². The average molecular weight is 570 g/mol. The number of imidazole rings is 1. The number of carbonyl (C=O) groups excluding carboxylic acids is 1. The number of hydroxylamine groups is 1. The maximum Gasteiger partial charge on any atom is 0.427 e. The van der Waals surface area contributed by atoms with E-state index in [-0.39, 0.29) is 12.1 Å². The van der Waals surface area contributed by atoms with Crippen LogP contribution >= 0.6 is 11.6 Å². The summed E-state index contributed by atoms with van der Waals surface area (Å²) < 4.78 is 22.9. The number of anilines is 1. The molecule has 10 nitrogen and oxygen atoms in total. The number of hydrogen-bond donors (Lipinski definition) is 2. The van der Waals surface area contributed by atoms with Crippen molar-refractivity contribution >= 4 is 34.7 Å². The van der Waals surface area contributed by atoms with Crippen molar-refractivity contribution in [1.29, 1.82) is 0 Å². The van der Waals surface area contributed by atoms with Crippen molar-refractivity contribution in [1.82, 2.24) is 30.3 Å². The van der Waals surface area contributed by atoms with Gasteiger partial charge in [-0.2, -0.15) is 0 Å². The van der Waals surface area contributed by atoms with Crippen LogP contribution < -0.4 is 15.7 Å². The maximum atomic E-state index is 14.6. The number of morpholine rings is 1. The van der Waals surface area contributed by atoms with Crippen LogP contribution in [0.3, 0.4) is 0 Å². The lowest BCUT2D eigenvalue weighted by molar-refractivity contribution is 0.0225. The molecule has 0 aromatic carbocycles. The molecule has 5 heterocycles. The standard InChI is InChI=1S/C28H33ClFN7O3/c1-15-2-4-16(5-3-15)14-37-25-20(33-27(37)36-6-7-39-23-10-19(30)9-22(23)36)11-21(26-34-28(38)40-35-26)32-24(25)17-8-18(29)13-31-12-17/h8,11-13,15-16,19,22-23,26,35H,2-7,9-10,14H2,1H3,(H,34,38)/t15?,16?,19?,22-,23-,26?/m1/s1. The predicted octanol–water partition coefficient (Wildman–Crippen LogP) is 4.92. The van der Waals surface area contributed by atoms with E-state index in [2.05, 4.69) is 32.2 Å². The third-order valence-electron chi connectivity index (χ3n) is 8.84. The van der Waals surface area contributed by atoms with Crippen LogP contribution in [-0.2, 0) is 16.1 Å². The molecule has 0 spiro atoms. The Balaban J connectivity index is 1.41. The van der Waals surface area contributed by atoms with Crippen LogP contribution in [0.2, 0.25) is 5.02 Å². The SMILES string of the molecule is CC1CCC(Cn2c(N3CCO[C@@H]4CC(F)C[C@H]43)nc3cc(C4NOC(=O)N4)nc(-c4cncc(Cl)c4)c32)CC1. The van der Waals surface area contributed by atoms with E-state index in [1.165, 1.54) is 12.8 Å². The predicted molar refractivity (Wildman–Crippen MR) is 147 cm³/mol. The highest BCUT2D eigenvalue weighted by Gasteiger charge is 2.43. The van der Waals surface area contributed by atoms with Crippen molar-refractivity contribution in [2.75, 3.05) is 18.1 Å². The van der Waals surface area contributed by atoms with Crippen LogP contribution in [-0.4, -0.2) is 57.1 Å². The van der Waals surface area contributed by atoms with Gasteiger partial charge < -0.3 is 19.0 Å². The van der Waals surface area contributed by atoms with E-state index < -0.39 is 18.4 Å². The van der Waals surface area contributed by atoms with Gasteiger partial charge in [-0.25, -0.2) is 19.2 Å². The summed E-state index contributed by atoms with van der Waals surface area (Å²) in [4.78, 5) is 33.5. The third-order valence-corrected chi connectivity index (χ3v) is 9.05. The number of amides is 1. The summed E-state index contributed by atoms with van der Waals surface area (Å²) in [6.45, 7) is 4.28. The van der Waals surface area contributed by atoms with E-state index in [1.54, 1.807) is 12.4 Å². The lowest BCUT2D eigenvalue weighted by Crippen LogP contribution is -2.49. The van der Waals surface area contributed by atoms with Gasteiger partial charge in [-0.15, -0.1) is 5.48 Å². The second-order valence-electron chi connectivity index (χ2n) is 11.6. The number of carbonyl (C=O) groups is 1. The number of ether oxygens (including phenoxy) is 1. The monoisotopic (exact) mass is 569 g/mol. The summed E-state index contributed by atoms with van der Waals surface area (Å²) in [7, 11) is 0. The molecule has 3 aromatic heterocycles. The maximum absolute atomic E-state index is 14.6. The Morgan fingerprint density at radius 1 is 1.15 bits per heavy atom. The van der Waals surface area contributed by atoms with Gasteiger partial charge in [0, 0.05) is 43.9 Å². The summed E-state index contributed by atoms with van der Waals surface area (Å²) in [6.07, 6.45) is 6.66. The largest absolute Gasteiger partial charge is 0.427 e. The molecule has 3 aromatic rings. The first-order chi connectivity index (χ1) is 19.4. The van der Waals surface area contributed by atoms with E-state index in [0.717, 1.165) is 47.8 Å². The van der Waals surface area contributed by atoms with E-state index >= 15 is 0 Å². The molecule has 40 heavy (non-hydrogen) atoms. The first-order valence-corrected chi connectivity index (χ1v) is 14.6. The molecule has 2 saturated heterocycles. The van der Waals surface area contributed by atoms with Crippen LogP contribution in [0.1, 0.15) is 57.3 Å². The van der Waals surface area contributed by atoms with E-state index in [4.69, 9.17) is 31.1 Å². The van der Waals surface area contributed by atoms with Gasteiger partial charge in [0.05, 0.1) is 46.2 Å². The van der Waals surface area contributed by atoms with Crippen molar-refractivity contribution in [2.24, 2.45) is 11.8 Å². The van der Waals surface area contributed by atoms with Gasteiger partial charge in [0.25, 0.3) is 0 Å². The third kappa shape index (κ3) is 4.77. The zero-order chi connectivity index (χ0) is 27.4. The molecule has 12 heteroatoms. The molecule has 4 aliphatic rings. The Kier molecular flexibility index (Phi) is 6.76. The molecular weight excluding hydrogens is 537 g/mol. The number of rotatable bonds is 5. The fourth-order valence-corrected chi connectivity index (χ4v) is 6.96. The quantitative estimate of drug-likeness (QED) is 0.446. The van der Waals surface area contributed by atoms with Crippen molar-refractivity contribution in [3.8, 4) is 11.3 Å².